The van der Waals surface area contributed by atoms with Gasteiger partial charge in [0.15, 0.2) is 0 Å². The van der Waals surface area contributed by atoms with Crippen molar-refractivity contribution in [1.82, 2.24) is 9.88 Å². The minimum absolute atomic E-state index is 0.0102. The van der Waals surface area contributed by atoms with Crippen LogP contribution in [0, 0.1) is 5.41 Å². The van der Waals surface area contributed by atoms with Gasteiger partial charge in [-0.25, -0.2) is 4.98 Å². The van der Waals surface area contributed by atoms with Gasteiger partial charge in [-0.2, -0.15) is 0 Å². The van der Waals surface area contributed by atoms with Crippen LogP contribution in [0.4, 0.5) is 0 Å². The first-order valence-corrected chi connectivity index (χ1v) is 8.06. The van der Waals surface area contributed by atoms with Crippen molar-refractivity contribution in [2.24, 2.45) is 5.41 Å². The van der Waals surface area contributed by atoms with Crippen molar-refractivity contribution in [3.05, 3.63) is 23.9 Å². The first-order valence-electron chi connectivity index (χ1n) is 8.06. The molecule has 2 unspecified atom stereocenters. The van der Waals surface area contributed by atoms with Gasteiger partial charge in [0.25, 0.3) is 5.91 Å². The van der Waals surface area contributed by atoms with Gasteiger partial charge in [0, 0.05) is 38.0 Å². The van der Waals surface area contributed by atoms with Crippen molar-refractivity contribution in [2.75, 3.05) is 26.8 Å². The molecule has 0 aromatic carbocycles. The van der Waals surface area contributed by atoms with Gasteiger partial charge in [-0.15, -0.1) is 0 Å². The minimum atomic E-state index is -1.03. The molecule has 1 aliphatic rings. The van der Waals surface area contributed by atoms with E-state index in [2.05, 4.69) is 4.98 Å². The highest BCUT2D eigenvalue weighted by Crippen LogP contribution is 2.32. The SMILES string of the molecule is CCC(C)Oc1cc(C(=O)N2CCC(COC)(C(=O)O)C2)ccn1. The van der Waals surface area contributed by atoms with E-state index in [0.717, 1.165) is 6.42 Å². The minimum Gasteiger partial charge on any atom is -0.481 e. The topological polar surface area (TPSA) is 89.0 Å². The molecule has 0 radical (unpaired) electrons. The molecule has 1 fully saturated rings. The summed E-state index contributed by atoms with van der Waals surface area (Å²) in [6.07, 6.45) is 2.75. The molecule has 0 saturated carbocycles. The van der Waals surface area contributed by atoms with E-state index in [1.54, 1.807) is 17.0 Å². The van der Waals surface area contributed by atoms with Crippen molar-refractivity contribution >= 4 is 11.9 Å². The average Bonchev–Trinajstić information content (AvgIpc) is 3.00. The van der Waals surface area contributed by atoms with Crippen LogP contribution in [0.5, 0.6) is 5.88 Å². The molecule has 7 nitrogen and oxygen atoms in total. The Labute approximate surface area is 141 Å². The second-order valence-corrected chi connectivity index (χ2v) is 6.21. The maximum Gasteiger partial charge on any atom is 0.313 e. The van der Waals surface area contributed by atoms with Crippen molar-refractivity contribution in [3.63, 3.8) is 0 Å². The van der Waals surface area contributed by atoms with E-state index in [9.17, 15) is 14.7 Å². The molecular weight excluding hydrogens is 312 g/mol. The first kappa shape index (κ1) is 18.2. The van der Waals surface area contributed by atoms with Gasteiger partial charge in [-0.05, 0) is 25.8 Å². The summed E-state index contributed by atoms with van der Waals surface area (Å²) in [5.41, 5.74) is -0.588. The molecule has 1 aromatic rings. The molecule has 0 bridgehead atoms. The van der Waals surface area contributed by atoms with Crippen molar-refractivity contribution < 1.29 is 24.2 Å². The summed E-state index contributed by atoms with van der Waals surface area (Å²) in [7, 11) is 1.47. The van der Waals surface area contributed by atoms with Crippen LogP contribution in [-0.4, -0.2) is 59.8 Å². The summed E-state index contributed by atoms with van der Waals surface area (Å²) in [4.78, 5) is 29.9. The van der Waals surface area contributed by atoms with Crippen molar-refractivity contribution in [1.29, 1.82) is 0 Å². The van der Waals surface area contributed by atoms with Gasteiger partial charge in [0.2, 0.25) is 5.88 Å². The monoisotopic (exact) mass is 336 g/mol. The van der Waals surface area contributed by atoms with Crippen LogP contribution in [0.1, 0.15) is 37.0 Å². The number of aromatic nitrogens is 1. The highest BCUT2D eigenvalue weighted by molar-refractivity contribution is 5.95. The Bertz CT molecular complexity index is 606. The fourth-order valence-corrected chi connectivity index (χ4v) is 2.76. The second kappa shape index (κ2) is 7.61. The summed E-state index contributed by atoms with van der Waals surface area (Å²) >= 11 is 0. The van der Waals surface area contributed by atoms with Crippen LogP contribution in [0.25, 0.3) is 0 Å². The maximum atomic E-state index is 12.7. The van der Waals surface area contributed by atoms with Crippen LogP contribution in [0.3, 0.4) is 0 Å². The lowest BCUT2D eigenvalue weighted by Gasteiger charge is -2.24. The van der Waals surface area contributed by atoms with Gasteiger partial charge in [-0.3, -0.25) is 9.59 Å². The fraction of sp³-hybridized carbons (Fsp3) is 0.588. The summed E-state index contributed by atoms with van der Waals surface area (Å²) in [6, 6.07) is 3.22. The third kappa shape index (κ3) is 3.84. The lowest BCUT2D eigenvalue weighted by molar-refractivity contribution is -0.151. The molecule has 0 spiro atoms. The fourth-order valence-electron chi connectivity index (χ4n) is 2.76. The number of carboxylic acid groups (broad SMARTS) is 1. The number of carbonyl (C=O) groups excluding carboxylic acids is 1. The molecule has 1 saturated heterocycles. The van der Waals surface area contributed by atoms with Gasteiger partial charge >= 0.3 is 5.97 Å². The van der Waals surface area contributed by atoms with Crippen LogP contribution >= 0.6 is 0 Å². The number of carbonyl (C=O) groups is 2. The van der Waals surface area contributed by atoms with Gasteiger partial charge < -0.3 is 19.5 Å². The number of pyridine rings is 1. The number of nitrogens with zero attached hydrogens (tertiary/aromatic N) is 2. The molecule has 1 aliphatic heterocycles. The smallest absolute Gasteiger partial charge is 0.313 e. The zero-order chi connectivity index (χ0) is 17.7. The van der Waals surface area contributed by atoms with Gasteiger partial charge in [-0.1, -0.05) is 6.92 Å². The van der Waals surface area contributed by atoms with Crippen LogP contribution < -0.4 is 4.74 Å². The second-order valence-electron chi connectivity index (χ2n) is 6.21. The van der Waals surface area contributed by atoms with E-state index in [1.807, 2.05) is 13.8 Å². The van der Waals surface area contributed by atoms with E-state index >= 15 is 0 Å². The molecule has 0 aliphatic carbocycles. The normalized spacial score (nSPS) is 21.5. The molecule has 132 valence electrons. The zero-order valence-electron chi connectivity index (χ0n) is 14.3. The number of carboxylic acids is 1. The number of methoxy groups -OCH3 is 1. The van der Waals surface area contributed by atoms with Crippen molar-refractivity contribution in [2.45, 2.75) is 32.8 Å². The highest BCUT2D eigenvalue weighted by Gasteiger charge is 2.46. The van der Waals surface area contributed by atoms with E-state index in [0.29, 0.717) is 24.4 Å². The third-order valence-corrected chi connectivity index (χ3v) is 4.39. The summed E-state index contributed by atoms with van der Waals surface area (Å²) in [6.45, 7) is 4.55. The van der Waals surface area contributed by atoms with Gasteiger partial charge in [0.05, 0.1) is 12.7 Å². The largest absolute Gasteiger partial charge is 0.481 e. The molecule has 24 heavy (non-hydrogen) atoms. The Hall–Kier alpha value is -2.15. The average molecular weight is 336 g/mol. The first-order chi connectivity index (χ1) is 11.4. The summed E-state index contributed by atoms with van der Waals surface area (Å²) in [5.74, 6) is -0.753. The van der Waals surface area contributed by atoms with E-state index in [4.69, 9.17) is 9.47 Å². The number of rotatable bonds is 7. The van der Waals surface area contributed by atoms with E-state index in [-0.39, 0.29) is 25.2 Å². The summed E-state index contributed by atoms with van der Waals surface area (Å²) in [5, 5.41) is 9.49. The Morgan fingerprint density at radius 3 is 2.88 bits per heavy atom. The lowest BCUT2D eigenvalue weighted by atomic mass is 9.88. The quantitative estimate of drug-likeness (QED) is 0.817. The van der Waals surface area contributed by atoms with E-state index in [1.165, 1.54) is 13.3 Å². The summed E-state index contributed by atoms with van der Waals surface area (Å²) < 4.78 is 10.7. The maximum absolute atomic E-state index is 12.7. The number of ether oxygens (including phenoxy) is 2. The van der Waals surface area contributed by atoms with Crippen LogP contribution in [0.15, 0.2) is 18.3 Å². The van der Waals surface area contributed by atoms with E-state index < -0.39 is 11.4 Å². The Balaban J connectivity index is 2.12. The molecule has 7 heteroatoms. The Morgan fingerprint density at radius 2 is 2.25 bits per heavy atom. The molecule has 2 atom stereocenters. The van der Waals surface area contributed by atoms with Gasteiger partial charge in [0.1, 0.15) is 5.41 Å². The Kier molecular flexibility index (Phi) is 5.77. The molecule has 1 aromatic heterocycles. The number of aliphatic carboxylic acids is 1. The van der Waals surface area contributed by atoms with Crippen LogP contribution in [-0.2, 0) is 9.53 Å². The van der Waals surface area contributed by atoms with Crippen molar-refractivity contribution in [3.8, 4) is 5.88 Å². The predicted octanol–water partition coefficient (Wildman–Crippen LogP) is 1.82. The van der Waals surface area contributed by atoms with Crippen LogP contribution in [0.2, 0.25) is 0 Å². The molecule has 1 N–H and O–H groups in total. The number of amides is 1. The Morgan fingerprint density at radius 1 is 1.50 bits per heavy atom. The zero-order valence-corrected chi connectivity index (χ0v) is 14.3. The molecule has 1 amide bonds. The number of hydrogen-bond acceptors (Lipinski definition) is 5. The molecule has 2 heterocycles. The third-order valence-electron chi connectivity index (χ3n) is 4.39. The predicted molar refractivity (Wildman–Crippen MR) is 87.1 cm³/mol. The molecular formula is C17H24N2O5. The number of likely N-dealkylation sites (tertiary alicyclic amines) is 1. The highest BCUT2D eigenvalue weighted by atomic mass is 16.5. The standard InChI is InChI=1S/C17H24N2O5/c1-4-12(2)24-14-9-13(5-7-18-14)15(20)19-8-6-17(10-19,11-23-3)16(21)22/h5,7,9,12H,4,6,8,10-11H2,1-3H3,(H,21,22). The molecule has 2 rings (SSSR count). The lowest BCUT2D eigenvalue weighted by Crippen LogP contribution is -2.40. The number of hydrogen-bond donors (Lipinski definition) is 1.